The number of hydrogen-bond acceptors (Lipinski definition) is 9. The van der Waals surface area contributed by atoms with Gasteiger partial charge < -0.3 is 26.3 Å². The maximum atomic E-state index is 14.1. The Hall–Kier alpha value is -7.41. The van der Waals surface area contributed by atoms with E-state index in [2.05, 4.69) is 10.6 Å². The minimum atomic E-state index is -1.42. The second-order valence-electron chi connectivity index (χ2n) is 12.8. The average Bonchev–Trinajstić information content (AvgIpc) is 3.56. The SMILES string of the molecule is Nc1cc(NC(=O)[C@@H](Cc2ccccc2)n2c(=O)c3cc4c(=O)n([C@@H](C=O)Cc5ccccc5)c(=O)c4cc3c2=O)cc(C(=O)Nc2ccc(O)cc2)c1. The maximum absolute atomic E-state index is 14.1. The average molecular weight is 722 g/mol. The van der Waals surface area contributed by atoms with E-state index in [-0.39, 0.29) is 57.1 Å². The third-order valence-corrected chi connectivity index (χ3v) is 9.23. The van der Waals surface area contributed by atoms with E-state index in [1.165, 1.54) is 54.6 Å². The Morgan fingerprint density at radius 3 is 1.69 bits per heavy atom. The number of carbonyl (C=O) groups is 3. The van der Waals surface area contributed by atoms with Gasteiger partial charge in [0.1, 0.15) is 18.1 Å². The number of hydrogen-bond donors (Lipinski definition) is 4. The molecule has 0 saturated carbocycles. The molecular weight excluding hydrogens is 690 g/mol. The molecule has 0 aliphatic heterocycles. The Balaban J connectivity index is 1.27. The second-order valence-corrected chi connectivity index (χ2v) is 12.8. The number of nitrogens with zero attached hydrogens (tertiary/aromatic N) is 2. The zero-order valence-corrected chi connectivity index (χ0v) is 28.4. The number of amides is 2. The molecule has 7 rings (SSSR count). The molecule has 0 bridgehead atoms. The van der Waals surface area contributed by atoms with Gasteiger partial charge in [-0.25, -0.2) is 0 Å². The van der Waals surface area contributed by atoms with Gasteiger partial charge in [0.2, 0.25) is 5.91 Å². The molecule has 7 aromatic rings. The molecule has 0 aliphatic carbocycles. The van der Waals surface area contributed by atoms with E-state index in [1.54, 1.807) is 60.7 Å². The number of aldehydes is 1. The van der Waals surface area contributed by atoms with Gasteiger partial charge in [0, 0.05) is 35.5 Å². The number of nitrogens with two attached hydrogens (primary N) is 1. The third-order valence-electron chi connectivity index (χ3n) is 9.23. The number of anilines is 3. The fourth-order valence-electron chi connectivity index (χ4n) is 6.62. The van der Waals surface area contributed by atoms with E-state index in [9.17, 15) is 38.7 Å². The summed E-state index contributed by atoms with van der Waals surface area (Å²) in [6.07, 6.45) is 0.494. The van der Waals surface area contributed by atoms with Gasteiger partial charge in [0.25, 0.3) is 28.1 Å². The third kappa shape index (κ3) is 6.68. The lowest BCUT2D eigenvalue weighted by molar-refractivity contribution is -0.119. The first-order valence-corrected chi connectivity index (χ1v) is 16.8. The number of aromatic hydroxyl groups is 1. The van der Waals surface area contributed by atoms with Crippen LogP contribution in [-0.2, 0) is 22.4 Å². The number of fused-ring (bicyclic) bond motifs is 2. The fourth-order valence-corrected chi connectivity index (χ4v) is 6.62. The van der Waals surface area contributed by atoms with Crippen LogP contribution in [0.15, 0.2) is 134 Å². The van der Waals surface area contributed by atoms with Crippen molar-refractivity contribution in [3.63, 3.8) is 0 Å². The molecule has 13 heteroatoms. The van der Waals surface area contributed by atoms with Crippen LogP contribution in [0.4, 0.5) is 17.1 Å². The highest BCUT2D eigenvalue weighted by atomic mass is 16.3. The standard InChI is InChI=1S/C41H31N5O8/c42-26-17-25(36(49)43-27-11-13-30(48)14-12-27)18-28(19-26)44-37(50)35(16-24-9-5-2-6-10-24)46-40(53)33-20-31-32(21-34(33)41(46)54)39(52)45(38(31)51)29(22-47)15-23-7-3-1-4-8-23/h1-14,17-22,29,35,48H,15-16,42H2,(H,43,49)(H,44,50)/t29-,35-/m1/s1. The van der Waals surface area contributed by atoms with Crippen LogP contribution in [0.25, 0.3) is 21.5 Å². The largest absolute Gasteiger partial charge is 0.508 e. The smallest absolute Gasteiger partial charge is 0.262 e. The molecule has 5 N–H and O–H groups in total. The van der Waals surface area contributed by atoms with Gasteiger partial charge in [-0.15, -0.1) is 0 Å². The lowest BCUT2D eigenvalue weighted by Gasteiger charge is -2.18. The Bertz CT molecular complexity index is 2710. The van der Waals surface area contributed by atoms with Crippen molar-refractivity contribution < 1.29 is 19.5 Å². The van der Waals surface area contributed by atoms with Gasteiger partial charge in [-0.1, -0.05) is 60.7 Å². The molecule has 5 aromatic carbocycles. The number of carbonyl (C=O) groups excluding carboxylic acids is 3. The van der Waals surface area contributed by atoms with Crippen LogP contribution in [0, 0.1) is 0 Å². The summed E-state index contributed by atoms with van der Waals surface area (Å²) in [7, 11) is 0. The molecule has 0 fully saturated rings. The van der Waals surface area contributed by atoms with E-state index in [0.29, 0.717) is 17.5 Å². The molecule has 2 heterocycles. The summed E-state index contributed by atoms with van der Waals surface area (Å²) in [5, 5.41) is 14.3. The van der Waals surface area contributed by atoms with Gasteiger partial charge in [-0.05, 0) is 65.7 Å². The Kier molecular flexibility index (Phi) is 9.28. The van der Waals surface area contributed by atoms with Crippen molar-refractivity contribution in [1.82, 2.24) is 9.13 Å². The van der Waals surface area contributed by atoms with Gasteiger partial charge in [-0.3, -0.25) is 37.9 Å². The summed E-state index contributed by atoms with van der Waals surface area (Å²) < 4.78 is 1.63. The Morgan fingerprint density at radius 1 is 0.630 bits per heavy atom. The van der Waals surface area contributed by atoms with E-state index < -0.39 is 46.1 Å². The van der Waals surface area contributed by atoms with Crippen LogP contribution in [0.2, 0.25) is 0 Å². The highest BCUT2D eigenvalue weighted by Gasteiger charge is 2.29. The first-order valence-electron chi connectivity index (χ1n) is 16.8. The first kappa shape index (κ1) is 35.0. The molecule has 268 valence electrons. The first-order chi connectivity index (χ1) is 26.0. The van der Waals surface area contributed by atoms with Crippen molar-refractivity contribution >= 4 is 56.7 Å². The zero-order chi connectivity index (χ0) is 38.1. The predicted octanol–water partition coefficient (Wildman–Crippen LogP) is 3.86. The van der Waals surface area contributed by atoms with Crippen molar-refractivity contribution in [3.05, 3.63) is 173 Å². The van der Waals surface area contributed by atoms with E-state index in [1.807, 2.05) is 0 Å². The summed E-state index contributed by atoms with van der Waals surface area (Å²) in [4.78, 5) is 94.6. The highest BCUT2D eigenvalue weighted by Crippen LogP contribution is 2.24. The van der Waals surface area contributed by atoms with Gasteiger partial charge >= 0.3 is 0 Å². The summed E-state index contributed by atoms with van der Waals surface area (Å²) in [6, 6.07) is 27.4. The molecule has 0 unspecified atom stereocenters. The summed E-state index contributed by atoms with van der Waals surface area (Å²) >= 11 is 0. The number of aromatic nitrogens is 2. The normalized spacial score (nSPS) is 12.4. The zero-order valence-electron chi connectivity index (χ0n) is 28.4. The minimum absolute atomic E-state index is 0.0186. The number of nitrogens with one attached hydrogen (secondary N) is 2. The second kappa shape index (κ2) is 14.3. The number of phenolic OH excluding ortho intramolecular Hbond substituents is 1. The lowest BCUT2D eigenvalue weighted by Crippen LogP contribution is -2.38. The molecular formula is C41H31N5O8. The van der Waals surface area contributed by atoms with Crippen LogP contribution in [0.1, 0.15) is 33.6 Å². The van der Waals surface area contributed by atoms with Crippen molar-refractivity contribution in [2.45, 2.75) is 24.9 Å². The van der Waals surface area contributed by atoms with Crippen LogP contribution in [0.5, 0.6) is 5.75 Å². The quantitative estimate of drug-likeness (QED) is 0.0870. The molecule has 0 radical (unpaired) electrons. The maximum Gasteiger partial charge on any atom is 0.262 e. The van der Waals surface area contributed by atoms with Crippen molar-refractivity contribution in [2.24, 2.45) is 0 Å². The molecule has 0 aliphatic rings. The molecule has 2 atom stereocenters. The molecule has 2 amide bonds. The van der Waals surface area contributed by atoms with Gasteiger partial charge in [0.05, 0.1) is 27.6 Å². The van der Waals surface area contributed by atoms with E-state index in [0.717, 1.165) is 14.7 Å². The summed E-state index contributed by atoms with van der Waals surface area (Å²) in [5.41, 5.74) is 4.91. The Morgan fingerprint density at radius 2 is 1.15 bits per heavy atom. The Labute approximate surface area is 305 Å². The van der Waals surface area contributed by atoms with Crippen molar-refractivity contribution in [2.75, 3.05) is 16.4 Å². The molecule has 54 heavy (non-hydrogen) atoms. The molecule has 0 saturated heterocycles. The highest BCUT2D eigenvalue weighted by molar-refractivity contribution is 6.06. The lowest BCUT2D eigenvalue weighted by atomic mass is 10.0. The summed E-state index contributed by atoms with van der Waals surface area (Å²) in [6.45, 7) is 0. The summed E-state index contributed by atoms with van der Waals surface area (Å²) in [5.74, 6) is -1.31. The molecule has 2 aromatic heterocycles. The number of benzene rings is 5. The fraction of sp³-hybridized carbons (Fsp3) is 0.0976. The van der Waals surface area contributed by atoms with Crippen LogP contribution in [0.3, 0.4) is 0 Å². The van der Waals surface area contributed by atoms with Crippen LogP contribution >= 0.6 is 0 Å². The minimum Gasteiger partial charge on any atom is -0.508 e. The topological polar surface area (TPSA) is 200 Å². The van der Waals surface area contributed by atoms with E-state index >= 15 is 0 Å². The van der Waals surface area contributed by atoms with Gasteiger partial charge in [-0.2, -0.15) is 0 Å². The number of phenols is 1. The van der Waals surface area contributed by atoms with Crippen molar-refractivity contribution in [3.8, 4) is 5.75 Å². The monoisotopic (exact) mass is 721 g/mol. The van der Waals surface area contributed by atoms with Crippen LogP contribution in [-0.4, -0.2) is 32.3 Å². The van der Waals surface area contributed by atoms with Crippen molar-refractivity contribution in [1.29, 1.82) is 0 Å². The molecule has 13 nitrogen and oxygen atoms in total. The predicted molar refractivity (Wildman–Crippen MR) is 205 cm³/mol. The number of rotatable bonds is 11. The molecule has 0 spiro atoms. The number of nitrogen functional groups attached to an aromatic ring is 1. The van der Waals surface area contributed by atoms with Gasteiger partial charge in [0.15, 0.2) is 0 Å². The van der Waals surface area contributed by atoms with Crippen LogP contribution < -0.4 is 38.6 Å². The van der Waals surface area contributed by atoms with E-state index in [4.69, 9.17) is 5.73 Å².